The summed E-state index contributed by atoms with van der Waals surface area (Å²) in [6.07, 6.45) is 1.74. The van der Waals surface area contributed by atoms with Crippen molar-refractivity contribution in [1.29, 1.82) is 0 Å². The number of aryl methyl sites for hydroxylation is 2. The number of aromatic carboxylic acids is 1. The van der Waals surface area contributed by atoms with Crippen LogP contribution in [0.25, 0.3) is 0 Å². The average Bonchev–Trinajstić information content (AvgIpc) is 2.70. The molecule has 0 spiro atoms. The molecule has 2 N–H and O–H groups in total. The van der Waals surface area contributed by atoms with Crippen molar-refractivity contribution in [3.05, 3.63) is 40.2 Å². The zero-order valence-corrected chi connectivity index (χ0v) is 10.9. The van der Waals surface area contributed by atoms with Gasteiger partial charge in [0.05, 0.1) is 12.2 Å². The number of nitrogens with one attached hydrogen (secondary N) is 1. The molecule has 0 aliphatic heterocycles. The highest BCUT2D eigenvalue weighted by Crippen LogP contribution is 2.22. The fourth-order valence-electron chi connectivity index (χ4n) is 1.53. The van der Waals surface area contributed by atoms with Gasteiger partial charge in [-0.25, -0.2) is 9.78 Å². The van der Waals surface area contributed by atoms with Crippen LogP contribution in [0.4, 0.5) is 5.13 Å². The second kappa shape index (κ2) is 5.14. The minimum atomic E-state index is -0.995. The van der Waals surface area contributed by atoms with Crippen LogP contribution >= 0.6 is 11.3 Å². The third-order valence-electron chi connectivity index (χ3n) is 2.52. The zero-order chi connectivity index (χ0) is 13.1. The number of carboxylic acid groups (broad SMARTS) is 1. The number of carbonyl (C=O) groups is 1. The minimum absolute atomic E-state index is 0.111. The van der Waals surface area contributed by atoms with Crippen molar-refractivity contribution in [3.8, 4) is 0 Å². The molecular weight excluding hydrogens is 250 g/mol. The number of anilines is 1. The van der Waals surface area contributed by atoms with E-state index < -0.39 is 5.97 Å². The molecule has 94 valence electrons. The van der Waals surface area contributed by atoms with E-state index in [0.717, 1.165) is 11.3 Å². The van der Waals surface area contributed by atoms with Crippen LogP contribution in [0.5, 0.6) is 0 Å². The molecule has 2 aromatic heterocycles. The normalized spacial score (nSPS) is 10.3. The molecule has 0 aliphatic rings. The number of thiazole rings is 1. The Bertz CT molecular complexity index is 580. The van der Waals surface area contributed by atoms with Crippen LogP contribution in [0, 0.1) is 13.8 Å². The summed E-state index contributed by atoms with van der Waals surface area (Å²) < 4.78 is 0. The van der Waals surface area contributed by atoms with Gasteiger partial charge in [-0.1, -0.05) is 6.07 Å². The monoisotopic (exact) mass is 263 g/mol. The SMILES string of the molecule is Cc1cccnc1CNc1nc(C(=O)O)c(C)s1. The van der Waals surface area contributed by atoms with Crippen molar-refractivity contribution in [2.75, 3.05) is 5.32 Å². The molecule has 2 rings (SSSR count). The van der Waals surface area contributed by atoms with Gasteiger partial charge in [-0.2, -0.15) is 0 Å². The molecule has 0 saturated carbocycles. The van der Waals surface area contributed by atoms with Gasteiger partial charge in [0, 0.05) is 11.1 Å². The van der Waals surface area contributed by atoms with Crippen LogP contribution in [0.15, 0.2) is 18.3 Å². The van der Waals surface area contributed by atoms with E-state index >= 15 is 0 Å². The van der Waals surface area contributed by atoms with E-state index in [0.29, 0.717) is 16.6 Å². The summed E-state index contributed by atoms with van der Waals surface area (Å²) in [6, 6.07) is 3.87. The first-order valence-electron chi connectivity index (χ1n) is 5.43. The van der Waals surface area contributed by atoms with E-state index in [-0.39, 0.29) is 5.69 Å². The molecule has 0 amide bonds. The number of hydrogen-bond acceptors (Lipinski definition) is 5. The summed E-state index contributed by atoms with van der Waals surface area (Å²) in [7, 11) is 0. The van der Waals surface area contributed by atoms with Crippen molar-refractivity contribution in [3.63, 3.8) is 0 Å². The number of pyridine rings is 1. The molecule has 0 fully saturated rings. The highest BCUT2D eigenvalue weighted by Gasteiger charge is 2.13. The Balaban J connectivity index is 2.09. The van der Waals surface area contributed by atoms with Crippen LogP contribution in [-0.4, -0.2) is 21.0 Å². The van der Waals surface area contributed by atoms with Gasteiger partial charge in [-0.05, 0) is 25.5 Å². The van der Waals surface area contributed by atoms with Crippen molar-refractivity contribution in [2.45, 2.75) is 20.4 Å². The number of rotatable bonds is 4. The Hall–Kier alpha value is -1.95. The smallest absolute Gasteiger partial charge is 0.355 e. The van der Waals surface area contributed by atoms with Crippen LogP contribution in [0.3, 0.4) is 0 Å². The topological polar surface area (TPSA) is 75.1 Å². The van der Waals surface area contributed by atoms with Gasteiger partial charge in [0.1, 0.15) is 0 Å². The van der Waals surface area contributed by atoms with E-state index in [1.54, 1.807) is 13.1 Å². The summed E-state index contributed by atoms with van der Waals surface area (Å²) in [6.45, 7) is 4.27. The molecule has 0 saturated heterocycles. The van der Waals surface area contributed by atoms with Gasteiger partial charge < -0.3 is 10.4 Å². The van der Waals surface area contributed by atoms with E-state index in [1.807, 2.05) is 19.1 Å². The van der Waals surface area contributed by atoms with Gasteiger partial charge in [0.25, 0.3) is 0 Å². The molecule has 6 heteroatoms. The molecule has 0 radical (unpaired) electrons. The standard InChI is InChI=1S/C12H13N3O2S/c1-7-4-3-5-13-9(7)6-14-12-15-10(11(16)17)8(2)18-12/h3-5H,6H2,1-2H3,(H,14,15)(H,16,17). The molecule has 0 aromatic carbocycles. The Morgan fingerprint density at radius 2 is 2.28 bits per heavy atom. The van der Waals surface area contributed by atoms with Crippen LogP contribution in [-0.2, 0) is 6.54 Å². The van der Waals surface area contributed by atoms with Crippen LogP contribution in [0.1, 0.15) is 26.6 Å². The first kappa shape index (κ1) is 12.5. The lowest BCUT2D eigenvalue weighted by Crippen LogP contribution is -2.04. The predicted octanol–water partition coefficient (Wildman–Crippen LogP) is 2.47. The van der Waals surface area contributed by atoms with E-state index in [1.165, 1.54) is 11.3 Å². The number of nitrogens with zero attached hydrogens (tertiary/aromatic N) is 2. The van der Waals surface area contributed by atoms with Gasteiger partial charge in [0.2, 0.25) is 0 Å². The van der Waals surface area contributed by atoms with Crippen molar-refractivity contribution in [1.82, 2.24) is 9.97 Å². The average molecular weight is 263 g/mol. The molecule has 0 unspecified atom stereocenters. The lowest BCUT2D eigenvalue weighted by molar-refractivity contribution is 0.0690. The van der Waals surface area contributed by atoms with E-state index in [9.17, 15) is 4.79 Å². The fraction of sp³-hybridized carbons (Fsp3) is 0.250. The molecule has 2 aromatic rings. The van der Waals surface area contributed by atoms with Crippen molar-refractivity contribution >= 4 is 22.4 Å². The largest absolute Gasteiger partial charge is 0.476 e. The molecule has 0 aliphatic carbocycles. The maximum Gasteiger partial charge on any atom is 0.355 e. The Morgan fingerprint density at radius 3 is 2.89 bits per heavy atom. The molecule has 0 bridgehead atoms. The van der Waals surface area contributed by atoms with Crippen molar-refractivity contribution < 1.29 is 9.90 Å². The lowest BCUT2D eigenvalue weighted by Gasteiger charge is -2.04. The predicted molar refractivity (Wildman–Crippen MR) is 70.1 cm³/mol. The summed E-state index contributed by atoms with van der Waals surface area (Å²) in [4.78, 5) is 19.9. The summed E-state index contributed by atoms with van der Waals surface area (Å²) in [5.41, 5.74) is 2.14. The molecular formula is C12H13N3O2S. The summed E-state index contributed by atoms with van der Waals surface area (Å²) >= 11 is 1.34. The lowest BCUT2D eigenvalue weighted by atomic mass is 10.2. The second-order valence-electron chi connectivity index (χ2n) is 3.85. The second-order valence-corrected chi connectivity index (χ2v) is 5.05. The highest BCUT2D eigenvalue weighted by molar-refractivity contribution is 7.15. The summed E-state index contributed by atoms with van der Waals surface area (Å²) in [5, 5.41) is 12.6. The van der Waals surface area contributed by atoms with Crippen LogP contribution in [0.2, 0.25) is 0 Å². The fourth-order valence-corrected chi connectivity index (χ4v) is 2.33. The maximum atomic E-state index is 10.9. The zero-order valence-electron chi connectivity index (χ0n) is 10.1. The van der Waals surface area contributed by atoms with Crippen molar-refractivity contribution in [2.24, 2.45) is 0 Å². The third kappa shape index (κ3) is 2.65. The van der Waals surface area contributed by atoms with Gasteiger partial charge in [-0.3, -0.25) is 4.98 Å². The minimum Gasteiger partial charge on any atom is -0.476 e. The van der Waals surface area contributed by atoms with E-state index in [2.05, 4.69) is 15.3 Å². The summed E-state index contributed by atoms with van der Waals surface area (Å²) in [5.74, 6) is -0.995. The van der Waals surface area contributed by atoms with Crippen LogP contribution < -0.4 is 5.32 Å². The molecule has 5 nitrogen and oxygen atoms in total. The first-order chi connectivity index (χ1) is 8.58. The molecule has 18 heavy (non-hydrogen) atoms. The number of hydrogen-bond donors (Lipinski definition) is 2. The molecule has 2 heterocycles. The Kier molecular flexibility index (Phi) is 3.57. The quantitative estimate of drug-likeness (QED) is 0.886. The third-order valence-corrected chi connectivity index (χ3v) is 3.45. The van der Waals surface area contributed by atoms with E-state index in [4.69, 9.17) is 5.11 Å². The number of aromatic nitrogens is 2. The van der Waals surface area contributed by atoms with Gasteiger partial charge in [-0.15, -0.1) is 11.3 Å². The van der Waals surface area contributed by atoms with Gasteiger partial charge in [0.15, 0.2) is 10.8 Å². The highest BCUT2D eigenvalue weighted by atomic mass is 32.1. The first-order valence-corrected chi connectivity index (χ1v) is 6.24. The number of carboxylic acids is 1. The Morgan fingerprint density at radius 1 is 1.50 bits per heavy atom. The Labute approximate surface area is 109 Å². The van der Waals surface area contributed by atoms with Gasteiger partial charge >= 0.3 is 5.97 Å². The molecule has 0 atom stereocenters. The maximum absolute atomic E-state index is 10.9.